The van der Waals surface area contributed by atoms with Crippen LogP contribution in [0.1, 0.15) is 29.0 Å². The van der Waals surface area contributed by atoms with Gasteiger partial charge in [-0.05, 0) is 16.7 Å². The third kappa shape index (κ3) is 4.45. The fraction of sp³-hybridized carbons (Fsp3) is 0.250. The van der Waals surface area contributed by atoms with E-state index in [1.807, 2.05) is 6.07 Å². The second-order valence-corrected chi connectivity index (χ2v) is 6.93. The molecule has 0 aromatic heterocycles. The van der Waals surface area contributed by atoms with Crippen LogP contribution in [0, 0.1) is 0 Å². The van der Waals surface area contributed by atoms with Crippen molar-refractivity contribution in [2.75, 3.05) is 19.6 Å². The molecule has 0 spiro atoms. The Hall–Kier alpha value is -2.46. The van der Waals surface area contributed by atoms with E-state index in [9.17, 15) is 0 Å². The number of rotatable bonds is 6. The van der Waals surface area contributed by atoms with Gasteiger partial charge in [-0.15, -0.1) is 0 Å². The van der Waals surface area contributed by atoms with Crippen molar-refractivity contribution in [3.8, 4) is 0 Å². The van der Waals surface area contributed by atoms with Gasteiger partial charge >= 0.3 is 0 Å². The smallest absolute Gasteiger partial charge is 0.137 e. The number of ether oxygens (including phenoxy) is 1. The molecule has 27 heavy (non-hydrogen) atoms. The Morgan fingerprint density at radius 3 is 2.19 bits per heavy atom. The molecule has 0 amide bonds. The van der Waals surface area contributed by atoms with Gasteiger partial charge in [-0.3, -0.25) is 4.90 Å². The molecule has 3 nitrogen and oxygen atoms in total. The van der Waals surface area contributed by atoms with Crippen LogP contribution in [-0.2, 0) is 11.3 Å². The molecule has 1 fully saturated rings. The first kappa shape index (κ1) is 17.9. The standard InChI is InChI=1S/C24H26N2O/c1-4-10-20(11-5-1)19-27-24(22-14-8-3-9-15-22)26-17-16-25-18-23(26)21-12-6-2-7-13-21/h1-15,23-25H,16-19H2. The molecule has 138 valence electrons. The molecule has 1 aliphatic rings. The van der Waals surface area contributed by atoms with Crippen molar-refractivity contribution in [2.24, 2.45) is 0 Å². The molecule has 1 heterocycles. The predicted octanol–water partition coefficient (Wildman–Crippen LogP) is 4.55. The quantitative estimate of drug-likeness (QED) is 0.700. The van der Waals surface area contributed by atoms with Crippen LogP contribution in [0.4, 0.5) is 0 Å². The average Bonchev–Trinajstić information content (AvgIpc) is 2.76. The van der Waals surface area contributed by atoms with Gasteiger partial charge in [0.2, 0.25) is 0 Å². The van der Waals surface area contributed by atoms with Crippen LogP contribution >= 0.6 is 0 Å². The molecule has 1 N–H and O–H groups in total. The number of nitrogens with zero attached hydrogens (tertiary/aromatic N) is 1. The van der Waals surface area contributed by atoms with E-state index in [1.165, 1.54) is 16.7 Å². The van der Waals surface area contributed by atoms with Crippen LogP contribution in [0.5, 0.6) is 0 Å². The van der Waals surface area contributed by atoms with Crippen molar-refractivity contribution < 1.29 is 4.74 Å². The lowest BCUT2D eigenvalue weighted by molar-refractivity contribution is -0.0982. The summed E-state index contributed by atoms with van der Waals surface area (Å²) in [6.45, 7) is 3.46. The summed E-state index contributed by atoms with van der Waals surface area (Å²) in [6, 6.07) is 32.0. The van der Waals surface area contributed by atoms with E-state index in [2.05, 4.69) is 95.1 Å². The van der Waals surface area contributed by atoms with E-state index >= 15 is 0 Å². The molecule has 0 bridgehead atoms. The van der Waals surface area contributed by atoms with Gasteiger partial charge in [-0.1, -0.05) is 91.0 Å². The lowest BCUT2D eigenvalue weighted by Gasteiger charge is -2.41. The normalized spacial score (nSPS) is 18.9. The lowest BCUT2D eigenvalue weighted by Crippen LogP contribution is -2.48. The molecule has 1 aliphatic heterocycles. The second-order valence-electron chi connectivity index (χ2n) is 6.93. The Bertz CT molecular complexity index is 808. The highest BCUT2D eigenvalue weighted by atomic mass is 16.5. The highest BCUT2D eigenvalue weighted by molar-refractivity contribution is 5.23. The Kier molecular flexibility index (Phi) is 5.95. The van der Waals surface area contributed by atoms with Gasteiger partial charge in [-0.25, -0.2) is 0 Å². The van der Waals surface area contributed by atoms with Gasteiger partial charge in [0.05, 0.1) is 12.6 Å². The van der Waals surface area contributed by atoms with Crippen molar-refractivity contribution in [3.05, 3.63) is 108 Å². The van der Waals surface area contributed by atoms with E-state index < -0.39 is 0 Å². The van der Waals surface area contributed by atoms with Crippen molar-refractivity contribution in [2.45, 2.75) is 18.9 Å². The summed E-state index contributed by atoms with van der Waals surface area (Å²) in [6.07, 6.45) is -0.0706. The molecule has 3 aromatic rings. The monoisotopic (exact) mass is 358 g/mol. The molecule has 0 saturated carbocycles. The molecular weight excluding hydrogens is 332 g/mol. The van der Waals surface area contributed by atoms with Crippen LogP contribution in [0.25, 0.3) is 0 Å². The van der Waals surface area contributed by atoms with Gasteiger partial charge in [-0.2, -0.15) is 0 Å². The van der Waals surface area contributed by atoms with Crippen LogP contribution < -0.4 is 5.32 Å². The van der Waals surface area contributed by atoms with Crippen LogP contribution in [0.15, 0.2) is 91.0 Å². The SMILES string of the molecule is c1ccc(COC(c2ccccc2)N2CCNCC2c2ccccc2)cc1. The molecule has 3 aromatic carbocycles. The van der Waals surface area contributed by atoms with E-state index in [0.29, 0.717) is 12.6 Å². The molecule has 0 radical (unpaired) electrons. The summed E-state index contributed by atoms with van der Waals surface area (Å²) in [5, 5.41) is 3.55. The van der Waals surface area contributed by atoms with E-state index in [1.54, 1.807) is 0 Å². The van der Waals surface area contributed by atoms with Gasteiger partial charge < -0.3 is 10.1 Å². The maximum atomic E-state index is 6.50. The maximum absolute atomic E-state index is 6.50. The summed E-state index contributed by atoms with van der Waals surface area (Å²) >= 11 is 0. The summed E-state index contributed by atoms with van der Waals surface area (Å²) in [5.74, 6) is 0. The zero-order valence-electron chi connectivity index (χ0n) is 15.5. The first-order chi connectivity index (χ1) is 13.4. The summed E-state index contributed by atoms with van der Waals surface area (Å²) in [7, 11) is 0. The molecule has 2 unspecified atom stereocenters. The number of nitrogens with one attached hydrogen (secondary N) is 1. The summed E-state index contributed by atoms with van der Waals surface area (Å²) < 4.78 is 6.50. The zero-order valence-corrected chi connectivity index (χ0v) is 15.5. The number of hydrogen-bond acceptors (Lipinski definition) is 3. The minimum Gasteiger partial charge on any atom is -0.354 e. The Balaban J connectivity index is 1.62. The Labute approximate surface area is 161 Å². The minimum atomic E-state index is -0.0706. The topological polar surface area (TPSA) is 24.5 Å². The van der Waals surface area contributed by atoms with Crippen molar-refractivity contribution in [1.82, 2.24) is 10.2 Å². The predicted molar refractivity (Wildman–Crippen MR) is 109 cm³/mol. The number of piperazine rings is 1. The van der Waals surface area contributed by atoms with Gasteiger partial charge in [0.25, 0.3) is 0 Å². The lowest BCUT2D eigenvalue weighted by atomic mass is 10.0. The third-order valence-electron chi connectivity index (χ3n) is 5.11. The van der Waals surface area contributed by atoms with Crippen molar-refractivity contribution in [1.29, 1.82) is 0 Å². The van der Waals surface area contributed by atoms with Crippen molar-refractivity contribution >= 4 is 0 Å². The third-order valence-corrected chi connectivity index (χ3v) is 5.11. The summed E-state index contributed by atoms with van der Waals surface area (Å²) in [5.41, 5.74) is 3.73. The maximum Gasteiger partial charge on any atom is 0.137 e. The molecule has 1 saturated heterocycles. The highest BCUT2D eigenvalue weighted by Gasteiger charge is 2.31. The van der Waals surface area contributed by atoms with Gasteiger partial charge in [0, 0.05) is 19.6 Å². The van der Waals surface area contributed by atoms with E-state index in [4.69, 9.17) is 4.74 Å². The fourth-order valence-electron chi connectivity index (χ4n) is 3.74. The molecule has 4 rings (SSSR count). The van der Waals surface area contributed by atoms with E-state index in [0.717, 1.165) is 19.6 Å². The first-order valence-electron chi connectivity index (χ1n) is 9.64. The minimum absolute atomic E-state index is 0.0706. The summed E-state index contributed by atoms with van der Waals surface area (Å²) in [4.78, 5) is 2.49. The zero-order chi connectivity index (χ0) is 18.3. The van der Waals surface area contributed by atoms with Gasteiger partial charge in [0.1, 0.15) is 6.23 Å². The number of hydrogen-bond donors (Lipinski definition) is 1. The molecule has 3 heteroatoms. The molecular formula is C24H26N2O. The largest absolute Gasteiger partial charge is 0.354 e. The average molecular weight is 358 g/mol. The first-order valence-corrected chi connectivity index (χ1v) is 9.64. The highest BCUT2D eigenvalue weighted by Crippen LogP contribution is 2.33. The van der Waals surface area contributed by atoms with Crippen LogP contribution in [0.3, 0.4) is 0 Å². The van der Waals surface area contributed by atoms with Crippen LogP contribution in [0.2, 0.25) is 0 Å². The second kappa shape index (κ2) is 8.96. The van der Waals surface area contributed by atoms with E-state index in [-0.39, 0.29) is 6.23 Å². The van der Waals surface area contributed by atoms with Crippen LogP contribution in [-0.4, -0.2) is 24.5 Å². The molecule has 2 atom stereocenters. The Morgan fingerprint density at radius 1 is 0.852 bits per heavy atom. The molecule has 0 aliphatic carbocycles. The van der Waals surface area contributed by atoms with Crippen molar-refractivity contribution in [3.63, 3.8) is 0 Å². The fourth-order valence-corrected chi connectivity index (χ4v) is 3.74. The number of benzene rings is 3. The Morgan fingerprint density at radius 2 is 1.48 bits per heavy atom. The van der Waals surface area contributed by atoms with Gasteiger partial charge in [0.15, 0.2) is 0 Å².